The summed E-state index contributed by atoms with van der Waals surface area (Å²) in [6, 6.07) is 9.96. The van der Waals surface area contributed by atoms with Crippen LogP contribution in [0.15, 0.2) is 30.3 Å². The average molecular weight is 286 g/mol. The fourth-order valence-corrected chi connectivity index (χ4v) is 2.09. The molecule has 0 amide bonds. The summed E-state index contributed by atoms with van der Waals surface area (Å²) < 4.78 is 7.20. The van der Waals surface area contributed by atoms with Crippen LogP contribution in [0.25, 0.3) is 5.69 Å². The van der Waals surface area contributed by atoms with Gasteiger partial charge < -0.3 is 4.74 Å². The van der Waals surface area contributed by atoms with E-state index in [1.807, 2.05) is 62.7 Å². The second-order valence-corrected chi connectivity index (χ2v) is 5.42. The van der Waals surface area contributed by atoms with Gasteiger partial charge in [-0.2, -0.15) is 5.10 Å². The van der Waals surface area contributed by atoms with Gasteiger partial charge in [0.1, 0.15) is 6.61 Å². The number of aromatic nitrogens is 2. The second kappa shape index (κ2) is 6.57. The zero-order valence-corrected chi connectivity index (χ0v) is 13.1. The molecular formula is C17H22N2O2. The molecule has 1 heterocycles. The van der Waals surface area contributed by atoms with E-state index in [1.54, 1.807) is 0 Å². The van der Waals surface area contributed by atoms with Crippen LogP contribution in [0.3, 0.4) is 0 Å². The first kappa shape index (κ1) is 15.3. The largest absolute Gasteiger partial charge is 0.461 e. The number of hydrogen-bond acceptors (Lipinski definition) is 3. The molecule has 0 aliphatic carbocycles. The normalized spacial score (nSPS) is 12.2. The molecular weight excluding hydrogens is 264 g/mol. The fraction of sp³-hybridized carbons (Fsp3) is 0.412. The number of aryl methyl sites for hydroxylation is 2. The maximum Gasteiger partial charge on any atom is 0.308 e. The Hall–Kier alpha value is -2.10. The molecule has 0 N–H and O–H groups in total. The van der Waals surface area contributed by atoms with Crippen LogP contribution in [-0.2, 0) is 16.1 Å². The molecule has 0 spiro atoms. The number of rotatable bonds is 5. The number of benzene rings is 1. The molecule has 0 bridgehead atoms. The van der Waals surface area contributed by atoms with E-state index in [0.717, 1.165) is 29.1 Å². The predicted octanol–water partition coefficient (Wildman–Crippen LogP) is 3.58. The Morgan fingerprint density at radius 1 is 1.29 bits per heavy atom. The highest BCUT2D eigenvalue weighted by molar-refractivity contribution is 5.71. The van der Waals surface area contributed by atoms with Crippen LogP contribution >= 0.6 is 0 Å². The van der Waals surface area contributed by atoms with Gasteiger partial charge in [-0.3, -0.25) is 4.79 Å². The van der Waals surface area contributed by atoms with Crippen LogP contribution < -0.4 is 0 Å². The van der Waals surface area contributed by atoms with Gasteiger partial charge in [-0.1, -0.05) is 26.0 Å². The van der Waals surface area contributed by atoms with Crippen LogP contribution in [0.1, 0.15) is 37.2 Å². The molecule has 1 aromatic carbocycles. The van der Waals surface area contributed by atoms with Crippen molar-refractivity contribution in [2.45, 2.75) is 40.7 Å². The molecule has 21 heavy (non-hydrogen) atoms. The van der Waals surface area contributed by atoms with E-state index in [9.17, 15) is 4.79 Å². The molecule has 1 aromatic heterocycles. The van der Waals surface area contributed by atoms with Crippen molar-refractivity contribution in [3.63, 3.8) is 0 Å². The lowest BCUT2D eigenvalue weighted by Gasteiger charge is -2.10. The highest BCUT2D eigenvalue weighted by Crippen LogP contribution is 2.14. The molecule has 112 valence electrons. The minimum absolute atomic E-state index is 0.0426. The third kappa shape index (κ3) is 3.72. The molecule has 0 fully saturated rings. The molecule has 4 nitrogen and oxygen atoms in total. The monoisotopic (exact) mass is 286 g/mol. The summed E-state index contributed by atoms with van der Waals surface area (Å²) in [7, 11) is 0. The van der Waals surface area contributed by atoms with Gasteiger partial charge in [0.15, 0.2) is 0 Å². The molecule has 0 saturated heterocycles. The Labute approximate surface area is 125 Å². The lowest BCUT2D eigenvalue weighted by molar-refractivity contribution is -0.149. The Kier molecular flexibility index (Phi) is 4.78. The van der Waals surface area contributed by atoms with Crippen molar-refractivity contribution < 1.29 is 9.53 Å². The SMILES string of the molecule is CCC(C)C(=O)OCc1ccc(-n2nc(C)cc2C)cc1. The maximum absolute atomic E-state index is 11.6. The quantitative estimate of drug-likeness (QED) is 0.789. The van der Waals surface area contributed by atoms with Crippen LogP contribution in [0, 0.1) is 19.8 Å². The summed E-state index contributed by atoms with van der Waals surface area (Å²) in [4.78, 5) is 11.6. The second-order valence-electron chi connectivity index (χ2n) is 5.42. The lowest BCUT2D eigenvalue weighted by atomic mass is 10.1. The first-order valence-corrected chi connectivity index (χ1v) is 7.30. The number of carbonyl (C=O) groups excluding carboxylic acids is 1. The standard InChI is InChI=1S/C17H22N2O2/c1-5-12(2)17(20)21-11-15-6-8-16(9-7-15)19-14(4)10-13(3)18-19/h6-10,12H,5,11H2,1-4H3. The third-order valence-corrected chi connectivity index (χ3v) is 3.59. The molecule has 2 aromatic rings. The van der Waals surface area contributed by atoms with Crippen molar-refractivity contribution in [2.75, 3.05) is 0 Å². The first-order valence-electron chi connectivity index (χ1n) is 7.30. The van der Waals surface area contributed by atoms with Crippen LogP contribution in [-0.4, -0.2) is 15.7 Å². The summed E-state index contributed by atoms with van der Waals surface area (Å²) in [5.41, 5.74) is 4.09. The van der Waals surface area contributed by atoms with E-state index in [2.05, 4.69) is 5.10 Å². The molecule has 0 aliphatic rings. The van der Waals surface area contributed by atoms with Gasteiger partial charge in [-0.25, -0.2) is 4.68 Å². The van der Waals surface area contributed by atoms with E-state index in [1.165, 1.54) is 0 Å². The first-order chi connectivity index (χ1) is 10.0. The van der Waals surface area contributed by atoms with Gasteiger partial charge in [0.05, 0.1) is 17.3 Å². The Morgan fingerprint density at radius 2 is 1.95 bits per heavy atom. The lowest BCUT2D eigenvalue weighted by Crippen LogP contribution is -2.13. The number of carbonyl (C=O) groups is 1. The molecule has 0 radical (unpaired) electrons. The Morgan fingerprint density at radius 3 is 2.48 bits per heavy atom. The number of esters is 1. The van der Waals surface area contributed by atoms with Crippen molar-refractivity contribution in [3.05, 3.63) is 47.3 Å². The van der Waals surface area contributed by atoms with Crippen LogP contribution in [0.4, 0.5) is 0 Å². The maximum atomic E-state index is 11.6. The van der Waals surface area contributed by atoms with E-state index in [0.29, 0.717) is 6.61 Å². The molecule has 0 aliphatic heterocycles. The summed E-state index contributed by atoms with van der Waals surface area (Å²) in [6.07, 6.45) is 0.801. The van der Waals surface area contributed by atoms with Gasteiger partial charge in [0.25, 0.3) is 0 Å². The van der Waals surface area contributed by atoms with Crippen molar-refractivity contribution >= 4 is 5.97 Å². The van der Waals surface area contributed by atoms with Crippen molar-refractivity contribution in [1.82, 2.24) is 9.78 Å². The Bertz CT molecular complexity index is 614. The van der Waals surface area contributed by atoms with Crippen LogP contribution in [0.5, 0.6) is 0 Å². The smallest absolute Gasteiger partial charge is 0.308 e. The highest BCUT2D eigenvalue weighted by Gasteiger charge is 2.12. The van der Waals surface area contributed by atoms with E-state index in [-0.39, 0.29) is 11.9 Å². The number of hydrogen-bond donors (Lipinski definition) is 0. The van der Waals surface area contributed by atoms with E-state index >= 15 is 0 Å². The van der Waals surface area contributed by atoms with Crippen molar-refractivity contribution in [1.29, 1.82) is 0 Å². The minimum atomic E-state index is -0.139. The minimum Gasteiger partial charge on any atom is -0.461 e. The summed E-state index contributed by atoms with van der Waals surface area (Å²) >= 11 is 0. The van der Waals surface area contributed by atoms with Gasteiger partial charge in [-0.15, -0.1) is 0 Å². The topological polar surface area (TPSA) is 44.1 Å². The number of ether oxygens (including phenoxy) is 1. The van der Waals surface area contributed by atoms with Crippen molar-refractivity contribution in [2.24, 2.45) is 5.92 Å². The zero-order valence-electron chi connectivity index (χ0n) is 13.1. The van der Waals surface area contributed by atoms with Gasteiger partial charge in [-0.05, 0) is 44.0 Å². The summed E-state index contributed by atoms with van der Waals surface area (Å²) in [5.74, 6) is -0.181. The van der Waals surface area contributed by atoms with E-state index in [4.69, 9.17) is 4.74 Å². The molecule has 0 saturated carbocycles. The molecule has 1 unspecified atom stereocenters. The highest BCUT2D eigenvalue weighted by atomic mass is 16.5. The van der Waals surface area contributed by atoms with Gasteiger partial charge in [0.2, 0.25) is 0 Å². The predicted molar refractivity (Wildman–Crippen MR) is 82.3 cm³/mol. The van der Waals surface area contributed by atoms with Crippen molar-refractivity contribution in [3.8, 4) is 5.69 Å². The fourth-order valence-electron chi connectivity index (χ4n) is 2.09. The third-order valence-electron chi connectivity index (χ3n) is 3.59. The summed E-state index contributed by atoms with van der Waals surface area (Å²) in [6.45, 7) is 8.19. The van der Waals surface area contributed by atoms with E-state index < -0.39 is 0 Å². The average Bonchev–Trinajstić information content (AvgIpc) is 2.83. The van der Waals surface area contributed by atoms with Gasteiger partial charge >= 0.3 is 5.97 Å². The number of nitrogens with zero attached hydrogens (tertiary/aromatic N) is 2. The molecule has 1 atom stereocenters. The van der Waals surface area contributed by atoms with Crippen LogP contribution in [0.2, 0.25) is 0 Å². The molecule has 4 heteroatoms. The molecule has 2 rings (SSSR count). The summed E-state index contributed by atoms with van der Waals surface area (Å²) in [5, 5.41) is 4.45. The van der Waals surface area contributed by atoms with Gasteiger partial charge in [0, 0.05) is 5.69 Å². The Balaban J connectivity index is 2.03. The zero-order chi connectivity index (χ0) is 15.4.